The molecule has 0 bridgehead atoms. The average molecular weight is 183 g/mol. The normalized spacial score (nSPS) is 11.0. The minimum atomic E-state index is -1.98. The van der Waals surface area contributed by atoms with Gasteiger partial charge in [-0.25, -0.2) is 9.18 Å². The standard InChI is InChI=1S/C9H10FNO2/c1-9(2,10)8(12)13-7-4-3-5-11-6-7/h3-6H,1-2H3. The van der Waals surface area contributed by atoms with Gasteiger partial charge in [0.15, 0.2) is 0 Å². The van der Waals surface area contributed by atoms with Gasteiger partial charge in [0.25, 0.3) is 0 Å². The van der Waals surface area contributed by atoms with E-state index in [1.165, 1.54) is 18.5 Å². The summed E-state index contributed by atoms with van der Waals surface area (Å²) < 4.78 is 17.7. The minimum Gasteiger partial charge on any atom is -0.423 e. The summed E-state index contributed by atoms with van der Waals surface area (Å²) in [5, 5.41) is 0. The molecule has 0 aliphatic carbocycles. The Morgan fingerprint density at radius 1 is 1.62 bits per heavy atom. The zero-order valence-corrected chi connectivity index (χ0v) is 7.45. The highest BCUT2D eigenvalue weighted by Crippen LogP contribution is 2.14. The second-order valence-corrected chi connectivity index (χ2v) is 3.05. The molecule has 1 rings (SSSR count). The fraction of sp³-hybridized carbons (Fsp3) is 0.333. The van der Waals surface area contributed by atoms with Crippen molar-refractivity contribution in [1.82, 2.24) is 4.98 Å². The van der Waals surface area contributed by atoms with Gasteiger partial charge in [0.2, 0.25) is 5.67 Å². The zero-order valence-electron chi connectivity index (χ0n) is 7.45. The van der Waals surface area contributed by atoms with Crippen molar-refractivity contribution in [3.05, 3.63) is 24.5 Å². The molecule has 1 aromatic heterocycles. The molecule has 0 N–H and O–H groups in total. The number of hydrogen-bond acceptors (Lipinski definition) is 3. The van der Waals surface area contributed by atoms with Crippen molar-refractivity contribution in [2.24, 2.45) is 0 Å². The Kier molecular flexibility index (Phi) is 2.60. The van der Waals surface area contributed by atoms with Gasteiger partial charge in [-0.05, 0) is 26.0 Å². The molecule has 0 spiro atoms. The number of ether oxygens (including phenoxy) is 1. The smallest absolute Gasteiger partial charge is 0.348 e. The van der Waals surface area contributed by atoms with E-state index in [4.69, 9.17) is 4.74 Å². The molecule has 70 valence electrons. The van der Waals surface area contributed by atoms with Crippen LogP contribution in [0.4, 0.5) is 4.39 Å². The maximum Gasteiger partial charge on any atom is 0.348 e. The van der Waals surface area contributed by atoms with Crippen LogP contribution in [0.25, 0.3) is 0 Å². The SMILES string of the molecule is CC(C)(F)C(=O)Oc1cccnc1. The Morgan fingerprint density at radius 2 is 2.31 bits per heavy atom. The van der Waals surface area contributed by atoms with Crippen molar-refractivity contribution in [2.45, 2.75) is 19.5 Å². The molecule has 0 atom stereocenters. The van der Waals surface area contributed by atoms with Gasteiger partial charge in [0.1, 0.15) is 5.75 Å². The number of nitrogens with zero attached hydrogens (tertiary/aromatic N) is 1. The molecule has 0 radical (unpaired) electrons. The first kappa shape index (κ1) is 9.64. The highest BCUT2D eigenvalue weighted by Gasteiger charge is 2.28. The van der Waals surface area contributed by atoms with E-state index in [9.17, 15) is 9.18 Å². The number of aromatic nitrogens is 1. The summed E-state index contributed by atoms with van der Waals surface area (Å²) in [6, 6.07) is 3.14. The van der Waals surface area contributed by atoms with Crippen molar-refractivity contribution in [3.8, 4) is 5.75 Å². The van der Waals surface area contributed by atoms with Crippen molar-refractivity contribution < 1.29 is 13.9 Å². The molecular formula is C9H10FNO2. The molecule has 13 heavy (non-hydrogen) atoms. The third-order valence-corrected chi connectivity index (χ3v) is 1.33. The van der Waals surface area contributed by atoms with Gasteiger partial charge < -0.3 is 4.74 Å². The van der Waals surface area contributed by atoms with Crippen LogP contribution in [-0.4, -0.2) is 16.6 Å². The second-order valence-electron chi connectivity index (χ2n) is 3.05. The summed E-state index contributed by atoms with van der Waals surface area (Å²) in [6.07, 6.45) is 2.89. The van der Waals surface area contributed by atoms with Gasteiger partial charge in [0.05, 0.1) is 6.20 Å². The van der Waals surface area contributed by atoms with Gasteiger partial charge >= 0.3 is 5.97 Å². The number of carbonyl (C=O) groups excluding carboxylic acids is 1. The third-order valence-electron chi connectivity index (χ3n) is 1.33. The van der Waals surface area contributed by atoms with E-state index in [-0.39, 0.29) is 5.75 Å². The lowest BCUT2D eigenvalue weighted by Gasteiger charge is -2.11. The Hall–Kier alpha value is -1.45. The van der Waals surface area contributed by atoms with Gasteiger partial charge in [-0.1, -0.05) is 0 Å². The minimum absolute atomic E-state index is 0.248. The lowest BCUT2D eigenvalue weighted by Crippen LogP contribution is -2.30. The molecule has 0 unspecified atom stereocenters. The van der Waals surface area contributed by atoms with E-state index in [2.05, 4.69) is 4.98 Å². The van der Waals surface area contributed by atoms with E-state index in [0.717, 1.165) is 13.8 Å². The van der Waals surface area contributed by atoms with Crippen LogP contribution >= 0.6 is 0 Å². The van der Waals surface area contributed by atoms with Crippen molar-refractivity contribution in [1.29, 1.82) is 0 Å². The van der Waals surface area contributed by atoms with Gasteiger partial charge in [-0.3, -0.25) is 4.98 Å². The van der Waals surface area contributed by atoms with Crippen LogP contribution in [0.3, 0.4) is 0 Å². The number of rotatable bonds is 2. The molecular weight excluding hydrogens is 173 g/mol. The number of pyridine rings is 1. The fourth-order valence-corrected chi connectivity index (χ4v) is 0.636. The largest absolute Gasteiger partial charge is 0.423 e. The highest BCUT2D eigenvalue weighted by atomic mass is 19.1. The molecule has 0 aliphatic rings. The first-order chi connectivity index (χ1) is 6.00. The predicted molar refractivity (Wildman–Crippen MR) is 45.1 cm³/mol. The Bertz CT molecular complexity index is 292. The van der Waals surface area contributed by atoms with Crippen LogP contribution in [0.15, 0.2) is 24.5 Å². The van der Waals surface area contributed by atoms with Crippen LogP contribution in [0.1, 0.15) is 13.8 Å². The quantitative estimate of drug-likeness (QED) is 0.655. The van der Waals surface area contributed by atoms with E-state index in [0.29, 0.717) is 0 Å². The number of carbonyl (C=O) groups is 1. The number of esters is 1. The van der Waals surface area contributed by atoms with E-state index in [1.807, 2.05) is 0 Å². The van der Waals surface area contributed by atoms with Crippen LogP contribution in [0.5, 0.6) is 5.75 Å². The number of hydrogen-bond donors (Lipinski definition) is 0. The molecule has 4 heteroatoms. The highest BCUT2D eigenvalue weighted by molar-refractivity contribution is 5.80. The van der Waals surface area contributed by atoms with Gasteiger partial charge in [-0.15, -0.1) is 0 Å². The Morgan fingerprint density at radius 3 is 2.77 bits per heavy atom. The average Bonchev–Trinajstić information content (AvgIpc) is 2.04. The summed E-state index contributed by atoms with van der Waals surface area (Å²) in [7, 11) is 0. The third kappa shape index (κ3) is 2.82. The predicted octanol–water partition coefficient (Wildman–Crippen LogP) is 1.74. The molecule has 0 amide bonds. The summed E-state index contributed by atoms with van der Waals surface area (Å²) in [4.78, 5) is 14.7. The Balaban J connectivity index is 2.66. The molecule has 0 aliphatic heterocycles. The molecule has 0 fully saturated rings. The van der Waals surface area contributed by atoms with Crippen molar-refractivity contribution in [3.63, 3.8) is 0 Å². The molecule has 0 aromatic carbocycles. The van der Waals surface area contributed by atoms with Gasteiger partial charge in [0, 0.05) is 6.20 Å². The first-order valence-electron chi connectivity index (χ1n) is 3.81. The summed E-state index contributed by atoms with van der Waals surface area (Å²) in [6.45, 7) is 2.29. The molecule has 3 nitrogen and oxygen atoms in total. The molecule has 1 heterocycles. The zero-order chi connectivity index (χ0) is 9.90. The summed E-state index contributed by atoms with van der Waals surface area (Å²) in [5.41, 5.74) is -1.98. The van der Waals surface area contributed by atoms with Gasteiger partial charge in [-0.2, -0.15) is 0 Å². The van der Waals surface area contributed by atoms with Crippen LogP contribution in [0.2, 0.25) is 0 Å². The first-order valence-corrected chi connectivity index (χ1v) is 3.81. The summed E-state index contributed by atoms with van der Waals surface area (Å²) >= 11 is 0. The second kappa shape index (κ2) is 3.51. The van der Waals surface area contributed by atoms with E-state index < -0.39 is 11.6 Å². The topological polar surface area (TPSA) is 39.2 Å². The molecule has 0 saturated heterocycles. The maximum absolute atomic E-state index is 13.0. The number of halogens is 1. The lowest BCUT2D eigenvalue weighted by atomic mass is 10.2. The van der Waals surface area contributed by atoms with Crippen LogP contribution in [-0.2, 0) is 4.79 Å². The lowest BCUT2D eigenvalue weighted by molar-refractivity contribution is -0.145. The molecule has 1 aromatic rings. The summed E-state index contributed by atoms with van der Waals surface area (Å²) in [5.74, 6) is -0.668. The molecule has 0 saturated carbocycles. The van der Waals surface area contributed by atoms with Crippen LogP contribution < -0.4 is 4.74 Å². The van der Waals surface area contributed by atoms with Crippen LogP contribution in [0, 0.1) is 0 Å². The van der Waals surface area contributed by atoms with Crippen molar-refractivity contribution in [2.75, 3.05) is 0 Å². The number of alkyl halides is 1. The monoisotopic (exact) mass is 183 g/mol. The van der Waals surface area contributed by atoms with Crippen molar-refractivity contribution >= 4 is 5.97 Å². The maximum atomic E-state index is 13.0. The van der Waals surface area contributed by atoms with E-state index >= 15 is 0 Å². The Labute approximate surface area is 75.6 Å². The fourth-order valence-electron chi connectivity index (χ4n) is 0.636. The van der Waals surface area contributed by atoms with E-state index in [1.54, 1.807) is 6.07 Å².